The Morgan fingerprint density at radius 1 is 1.03 bits per heavy atom. The number of para-hydroxylation sites is 1. The van der Waals surface area contributed by atoms with Crippen molar-refractivity contribution in [2.45, 2.75) is 45.3 Å². The molecule has 9 heteroatoms. The van der Waals surface area contributed by atoms with E-state index in [0.29, 0.717) is 42.7 Å². The van der Waals surface area contributed by atoms with E-state index in [1.807, 2.05) is 24.3 Å². The molecular formula is C27H42N2O6S. The van der Waals surface area contributed by atoms with Crippen molar-refractivity contribution >= 4 is 15.7 Å². The Kier molecular flexibility index (Phi) is 12.0. The average Bonchev–Trinajstić information content (AvgIpc) is 2.84. The number of benzene rings is 2. The Labute approximate surface area is 216 Å². The highest BCUT2D eigenvalue weighted by molar-refractivity contribution is 7.92. The number of methoxy groups -OCH3 is 2. The van der Waals surface area contributed by atoms with Crippen LogP contribution >= 0.6 is 0 Å². The molecule has 0 unspecified atom stereocenters. The van der Waals surface area contributed by atoms with Crippen LogP contribution in [0.3, 0.4) is 0 Å². The molecule has 0 aromatic heterocycles. The van der Waals surface area contributed by atoms with Crippen molar-refractivity contribution in [3.05, 3.63) is 54.1 Å². The highest BCUT2D eigenvalue weighted by Gasteiger charge is 2.27. The number of anilines is 1. The number of rotatable bonds is 16. The Morgan fingerprint density at radius 2 is 1.72 bits per heavy atom. The standard InChI is InChI=1S/C27H42N2O6S/c1-20(2)22(16-21-12-13-26(34-4)27(17-21)35-15-9-14-33-3)18-24(28)25(30)19-29(36(5,31)32)23-10-7-6-8-11-23/h6-8,10-13,17,20,22,24-25,30H,9,14-16,18-19,28H2,1-5H3/t22-,24-,25-/m0/s1. The Balaban J connectivity index is 2.10. The molecule has 0 fully saturated rings. The molecule has 0 bridgehead atoms. The predicted octanol–water partition coefficient (Wildman–Crippen LogP) is 3.47. The number of nitrogens with two attached hydrogens (primary N) is 1. The summed E-state index contributed by atoms with van der Waals surface area (Å²) in [6.07, 6.45) is 2.18. The van der Waals surface area contributed by atoms with Crippen LogP contribution in [-0.2, 0) is 21.2 Å². The SMILES string of the molecule is COCCCOc1cc(C[C@@H](C[C@H](N)[C@@H](O)CN(c2ccccc2)S(C)(=O)=O)C(C)C)ccc1OC. The number of ether oxygens (including phenoxy) is 3. The van der Waals surface area contributed by atoms with Gasteiger partial charge in [-0.1, -0.05) is 38.1 Å². The first-order valence-electron chi connectivity index (χ1n) is 12.3. The molecule has 2 aromatic rings. The molecule has 3 N–H and O–H groups in total. The van der Waals surface area contributed by atoms with Crippen LogP contribution < -0.4 is 19.5 Å². The second-order valence-corrected chi connectivity index (χ2v) is 11.4. The highest BCUT2D eigenvalue weighted by Crippen LogP contribution is 2.31. The van der Waals surface area contributed by atoms with Crippen molar-refractivity contribution < 1.29 is 27.7 Å². The van der Waals surface area contributed by atoms with Gasteiger partial charge in [-0.3, -0.25) is 4.31 Å². The van der Waals surface area contributed by atoms with Gasteiger partial charge in [-0.05, 0) is 54.5 Å². The first kappa shape index (κ1) is 29.9. The van der Waals surface area contributed by atoms with Crippen LogP contribution in [0.5, 0.6) is 11.5 Å². The summed E-state index contributed by atoms with van der Waals surface area (Å²) in [4.78, 5) is 0. The van der Waals surface area contributed by atoms with Crippen LogP contribution in [0.1, 0.15) is 32.3 Å². The number of aliphatic hydroxyl groups excluding tert-OH is 1. The maximum atomic E-state index is 12.4. The van der Waals surface area contributed by atoms with Crippen LogP contribution in [0.4, 0.5) is 5.69 Å². The fraction of sp³-hybridized carbons (Fsp3) is 0.556. The topological polar surface area (TPSA) is 111 Å². The van der Waals surface area contributed by atoms with Crippen LogP contribution in [0.2, 0.25) is 0 Å². The number of aliphatic hydroxyl groups is 1. The van der Waals surface area contributed by atoms with E-state index >= 15 is 0 Å². The summed E-state index contributed by atoms with van der Waals surface area (Å²) in [5, 5.41) is 10.9. The molecule has 2 rings (SSSR count). The lowest BCUT2D eigenvalue weighted by Crippen LogP contribution is -2.46. The minimum absolute atomic E-state index is 0.100. The molecule has 0 radical (unpaired) electrons. The third-order valence-corrected chi connectivity index (χ3v) is 7.45. The van der Waals surface area contributed by atoms with Crippen LogP contribution in [0, 0.1) is 11.8 Å². The Bertz CT molecular complexity index is 1020. The lowest BCUT2D eigenvalue weighted by Gasteiger charge is -2.31. The maximum absolute atomic E-state index is 12.4. The number of nitrogens with zero attached hydrogens (tertiary/aromatic N) is 1. The summed E-state index contributed by atoms with van der Waals surface area (Å²) in [5.41, 5.74) is 8.01. The predicted molar refractivity (Wildman–Crippen MR) is 144 cm³/mol. The first-order chi connectivity index (χ1) is 17.1. The quantitative estimate of drug-likeness (QED) is 0.325. The maximum Gasteiger partial charge on any atom is 0.232 e. The lowest BCUT2D eigenvalue weighted by molar-refractivity contribution is 0.134. The third kappa shape index (κ3) is 9.28. The second-order valence-electron chi connectivity index (χ2n) is 9.48. The molecule has 0 aliphatic carbocycles. The van der Waals surface area contributed by atoms with Crippen LogP contribution in [-0.4, -0.2) is 65.9 Å². The fourth-order valence-electron chi connectivity index (χ4n) is 4.08. The number of hydrogen-bond donors (Lipinski definition) is 2. The molecule has 0 heterocycles. The van der Waals surface area contributed by atoms with Crippen molar-refractivity contribution in [2.75, 3.05) is 44.5 Å². The van der Waals surface area contributed by atoms with E-state index in [4.69, 9.17) is 19.9 Å². The largest absolute Gasteiger partial charge is 0.493 e. The van der Waals surface area contributed by atoms with Gasteiger partial charge in [0.05, 0.1) is 38.3 Å². The van der Waals surface area contributed by atoms with E-state index < -0.39 is 22.2 Å². The smallest absolute Gasteiger partial charge is 0.232 e. The minimum Gasteiger partial charge on any atom is -0.493 e. The molecule has 3 atom stereocenters. The van der Waals surface area contributed by atoms with Gasteiger partial charge in [0.1, 0.15) is 0 Å². The molecule has 0 amide bonds. The minimum atomic E-state index is -3.58. The summed E-state index contributed by atoms with van der Waals surface area (Å²) >= 11 is 0. The van der Waals surface area contributed by atoms with E-state index in [0.717, 1.165) is 24.7 Å². The van der Waals surface area contributed by atoms with Gasteiger partial charge in [0, 0.05) is 26.2 Å². The second kappa shape index (κ2) is 14.4. The molecule has 8 nitrogen and oxygen atoms in total. The molecule has 0 spiro atoms. The average molecular weight is 523 g/mol. The first-order valence-corrected chi connectivity index (χ1v) is 14.2. The molecule has 0 aliphatic heterocycles. The van der Waals surface area contributed by atoms with Gasteiger partial charge in [0.2, 0.25) is 10.0 Å². The van der Waals surface area contributed by atoms with Gasteiger partial charge < -0.3 is 25.1 Å². The van der Waals surface area contributed by atoms with Crippen molar-refractivity contribution in [1.82, 2.24) is 0 Å². The van der Waals surface area contributed by atoms with Gasteiger partial charge in [0.25, 0.3) is 0 Å². The van der Waals surface area contributed by atoms with Crippen LogP contribution in [0.25, 0.3) is 0 Å². The molecule has 36 heavy (non-hydrogen) atoms. The van der Waals surface area contributed by atoms with E-state index in [-0.39, 0.29) is 12.5 Å². The van der Waals surface area contributed by atoms with E-state index in [1.54, 1.807) is 38.5 Å². The van der Waals surface area contributed by atoms with Gasteiger partial charge in [-0.15, -0.1) is 0 Å². The molecule has 2 aromatic carbocycles. The zero-order valence-electron chi connectivity index (χ0n) is 22.1. The Morgan fingerprint density at radius 3 is 2.31 bits per heavy atom. The monoisotopic (exact) mass is 522 g/mol. The lowest BCUT2D eigenvalue weighted by atomic mass is 9.83. The van der Waals surface area contributed by atoms with Crippen molar-refractivity contribution in [1.29, 1.82) is 0 Å². The number of hydrogen-bond acceptors (Lipinski definition) is 7. The summed E-state index contributed by atoms with van der Waals surface area (Å²) in [6.45, 7) is 5.30. The van der Waals surface area contributed by atoms with Crippen LogP contribution in [0.15, 0.2) is 48.5 Å². The third-order valence-electron chi connectivity index (χ3n) is 6.29. The summed E-state index contributed by atoms with van der Waals surface area (Å²) in [6, 6.07) is 14.1. The molecule has 202 valence electrons. The van der Waals surface area contributed by atoms with Gasteiger partial charge >= 0.3 is 0 Å². The zero-order chi connectivity index (χ0) is 26.7. The molecular weight excluding hydrogens is 480 g/mol. The van der Waals surface area contributed by atoms with E-state index in [1.165, 1.54) is 4.31 Å². The van der Waals surface area contributed by atoms with Crippen molar-refractivity contribution in [3.8, 4) is 11.5 Å². The fourth-order valence-corrected chi connectivity index (χ4v) is 5.01. The highest BCUT2D eigenvalue weighted by atomic mass is 32.2. The molecule has 0 aliphatic rings. The van der Waals surface area contributed by atoms with Crippen molar-refractivity contribution in [2.24, 2.45) is 17.6 Å². The summed E-state index contributed by atoms with van der Waals surface area (Å²) in [5.74, 6) is 1.83. The van der Waals surface area contributed by atoms with Gasteiger partial charge in [-0.2, -0.15) is 0 Å². The van der Waals surface area contributed by atoms with Gasteiger partial charge in [0.15, 0.2) is 11.5 Å². The van der Waals surface area contributed by atoms with E-state index in [2.05, 4.69) is 13.8 Å². The summed E-state index contributed by atoms with van der Waals surface area (Å²) in [7, 11) is -0.302. The molecule has 0 saturated heterocycles. The Hall–Kier alpha value is -2.33. The molecule has 0 saturated carbocycles. The van der Waals surface area contributed by atoms with Gasteiger partial charge in [-0.25, -0.2) is 8.42 Å². The normalized spacial score (nSPS) is 14.3. The zero-order valence-corrected chi connectivity index (χ0v) is 22.9. The van der Waals surface area contributed by atoms with E-state index in [9.17, 15) is 13.5 Å². The number of sulfonamides is 1. The summed E-state index contributed by atoms with van der Waals surface area (Å²) < 4.78 is 42.5. The van der Waals surface area contributed by atoms with Crippen molar-refractivity contribution in [3.63, 3.8) is 0 Å².